The first-order valence-electron chi connectivity index (χ1n) is 7.70. The summed E-state index contributed by atoms with van der Waals surface area (Å²) in [7, 11) is 0. The highest BCUT2D eigenvalue weighted by Gasteiger charge is 2.28. The molecule has 0 radical (unpaired) electrons. The van der Waals surface area contributed by atoms with Crippen molar-refractivity contribution in [2.24, 2.45) is 0 Å². The van der Waals surface area contributed by atoms with Crippen LogP contribution in [0.15, 0.2) is 34.9 Å². The maximum absolute atomic E-state index is 5.34. The number of piperidine rings is 1. The van der Waals surface area contributed by atoms with E-state index in [0.717, 1.165) is 37.6 Å². The highest BCUT2D eigenvalue weighted by molar-refractivity contribution is 5.41. The molecule has 1 aliphatic rings. The zero-order valence-electron chi connectivity index (χ0n) is 12.8. The molecule has 3 aromatic rings. The van der Waals surface area contributed by atoms with Gasteiger partial charge in [0, 0.05) is 13.1 Å². The molecule has 3 heterocycles. The van der Waals surface area contributed by atoms with E-state index in [1.807, 2.05) is 37.3 Å². The van der Waals surface area contributed by atoms with E-state index in [4.69, 9.17) is 4.52 Å². The fourth-order valence-corrected chi connectivity index (χ4v) is 2.96. The Morgan fingerprint density at radius 1 is 1.22 bits per heavy atom. The smallest absolute Gasteiger partial charge is 0.250 e. The number of aryl methyl sites for hydroxylation is 1. The van der Waals surface area contributed by atoms with E-state index in [1.54, 1.807) is 4.68 Å². The van der Waals surface area contributed by atoms with Gasteiger partial charge in [0.05, 0.1) is 11.6 Å². The van der Waals surface area contributed by atoms with Gasteiger partial charge in [0.1, 0.15) is 0 Å². The average molecular weight is 311 g/mol. The lowest BCUT2D eigenvalue weighted by atomic mass is 9.98. The van der Waals surface area contributed by atoms with Crippen LogP contribution in [0.1, 0.15) is 30.5 Å². The summed E-state index contributed by atoms with van der Waals surface area (Å²) in [5.74, 6) is 2.33. The summed E-state index contributed by atoms with van der Waals surface area (Å²) in [6, 6.07) is 9.90. The normalized spacial score (nSPS) is 18.3. The molecule has 1 fully saturated rings. The van der Waals surface area contributed by atoms with Crippen LogP contribution in [-0.2, 0) is 0 Å². The number of rotatable bonds is 3. The van der Waals surface area contributed by atoms with Gasteiger partial charge >= 0.3 is 0 Å². The summed E-state index contributed by atoms with van der Waals surface area (Å²) in [6.45, 7) is 3.52. The zero-order valence-corrected chi connectivity index (χ0v) is 12.8. The second-order valence-electron chi connectivity index (χ2n) is 5.69. The first-order chi connectivity index (χ1) is 11.3. The minimum Gasteiger partial charge on any atom is -0.339 e. The molecule has 1 saturated heterocycles. The molecular formula is C15H17N7O. The Morgan fingerprint density at radius 2 is 2.09 bits per heavy atom. The van der Waals surface area contributed by atoms with Crippen LogP contribution in [0.3, 0.4) is 0 Å². The van der Waals surface area contributed by atoms with Crippen LogP contribution in [-0.4, -0.2) is 43.4 Å². The fraction of sp³-hybridized carbons (Fsp3) is 0.400. The summed E-state index contributed by atoms with van der Waals surface area (Å²) in [5, 5.41) is 16.1. The van der Waals surface area contributed by atoms with Crippen molar-refractivity contribution in [1.29, 1.82) is 0 Å². The van der Waals surface area contributed by atoms with Gasteiger partial charge in [-0.15, -0.1) is 0 Å². The molecule has 0 amide bonds. The van der Waals surface area contributed by atoms with Crippen molar-refractivity contribution < 1.29 is 4.52 Å². The van der Waals surface area contributed by atoms with E-state index >= 15 is 0 Å². The summed E-state index contributed by atoms with van der Waals surface area (Å²) in [5.41, 5.74) is 0.947. The van der Waals surface area contributed by atoms with Crippen molar-refractivity contribution in [2.75, 3.05) is 18.0 Å². The molecule has 8 heteroatoms. The summed E-state index contributed by atoms with van der Waals surface area (Å²) in [4.78, 5) is 6.55. The number of hydrogen-bond donors (Lipinski definition) is 0. The number of anilines is 1. The van der Waals surface area contributed by atoms with Crippen molar-refractivity contribution in [1.82, 2.24) is 30.3 Å². The average Bonchev–Trinajstić information content (AvgIpc) is 3.25. The first kappa shape index (κ1) is 13.9. The lowest BCUT2D eigenvalue weighted by Gasteiger charge is -2.31. The molecule has 23 heavy (non-hydrogen) atoms. The monoisotopic (exact) mass is 311 g/mol. The topological polar surface area (TPSA) is 85.8 Å². The second-order valence-corrected chi connectivity index (χ2v) is 5.69. The molecule has 0 bridgehead atoms. The quantitative estimate of drug-likeness (QED) is 0.728. The Labute approximate surface area is 133 Å². The minimum absolute atomic E-state index is 0.214. The molecule has 0 spiro atoms. The maximum atomic E-state index is 5.34. The van der Waals surface area contributed by atoms with Gasteiger partial charge in [-0.1, -0.05) is 28.5 Å². The number of nitrogens with zero attached hydrogens (tertiary/aromatic N) is 7. The van der Waals surface area contributed by atoms with Gasteiger partial charge in [0.2, 0.25) is 11.8 Å². The molecule has 4 rings (SSSR count). The highest BCUT2D eigenvalue weighted by Crippen LogP contribution is 2.28. The Balaban J connectivity index is 1.60. The Bertz CT molecular complexity index is 782. The first-order valence-corrected chi connectivity index (χ1v) is 7.70. The zero-order chi connectivity index (χ0) is 15.6. The largest absolute Gasteiger partial charge is 0.339 e. The van der Waals surface area contributed by atoms with Crippen molar-refractivity contribution in [3.05, 3.63) is 42.0 Å². The van der Waals surface area contributed by atoms with Crippen LogP contribution in [0, 0.1) is 6.92 Å². The molecular weight excluding hydrogens is 294 g/mol. The number of para-hydroxylation sites is 1. The number of hydrogen-bond acceptors (Lipinski definition) is 7. The number of aromatic nitrogens is 6. The predicted octanol–water partition coefficient (Wildman–Crippen LogP) is 1.74. The van der Waals surface area contributed by atoms with Gasteiger partial charge in [-0.25, -0.2) is 0 Å². The van der Waals surface area contributed by atoms with E-state index in [-0.39, 0.29) is 5.92 Å². The Kier molecular flexibility index (Phi) is 3.49. The standard InChI is InChI=1S/C15H17N7O/c1-11-16-14(23-18-11)12-6-5-9-21(10-12)15-17-19-20-22(15)13-7-3-2-4-8-13/h2-4,7-8,12H,5-6,9-10H2,1H3/t12-/m0/s1. The third-order valence-corrected chi connectivity index (χ3v) is 4.05. The third kappa shape index (κ3) is 2.67. The van der Waals surface area contributed by atoms with Crippen molar-refractivity contribution >= 4 is 5.95 Å². The van der Waals surface area contributed by atoms with Gasteiger partial charge < -0.3 is 9.42 Å². The molecule has 1 atom stereocenters. The van der Waals surface area contributed by atoms with Gasteiger partial charge in [0.25, 0.3) is 0 Å². The van der Waals surface area contributed by atoms with Crippen LogP contribution < -0.4 is 4.90 Å². The van der Waals surface area contributed by atoms with E-state index in [9.17, 15) is 0 Å². The van der Waals surface area contributed by atoms with Crippen LogP contribution in [0.4, 0.5) is 5.95 Å². The molecule has 0 unspecified atom stereocenters. The van der Waals surface area contributed by atoms with Gasteiger partial charge in [-0.2, -0.15) is 9.67 Å². The molecule has 8 nitrogen and oxygen atoms in total. The minimum atomic E-state index is 0.214. The van der Waals surface area contributed by atoms with E-state index in [1.165, 1.54) is 0 Å². The van der Waals surface area contributed by atoms with E-state index < -0.39 is 0 Å². The van der Waals surface area contributed by atoms with Gasteiger partial charge in [-0.05, 0) is 42.3 Å². The SMILES string of the molecule is Cc1noc([C@H]2CCCN(c3nnnn3-c3ccccc3)C2)n1. The molecule has 118 valence electrons. The van der Waals surface area contributed by atoms with Crippen molar-refractivity contribution in [3.63, 3.8) is 0 Å². The van der Waals surface area contributed by atoms with Crippen LogP contribution in [0.5, 0.6) is 0 Å². The maximum Gasteiger partial charge on any atom is 0.250 e. The van der Waals surface area contributed by atoms with Crippen LogP contribution in [0.2, 0.25) is 0 Å². The number of tetrazole rings is 1. The molecule has 2 aromatic heterocycles. The summed E-state index contributed by atoms with van der Waals surface area (Å²) in [6.07, 6.45) is 2.07. The van der Waals surface area contributed by atoms with Gasteiger partial charge in [0.15, 0.2) is 5.82 Å². The van der Waals surface area contributed by atoms with Crippen LogP contribution in [0.25, 0.3) is 5.69 Å². The highest BCUT2D eigenvalue weighted by atomic mass is 16.5. The molecule has 1 aromatic carbocycles. The molecule has 0 N–H and O–H groups in total. The summed E-state index contributed by atoms with van der Waals surface area (Å²) >= 11 is 0. The van der Waals surface area contributed by atoms with E-state index in [0.29, 0.717) is 11.7 Å². The second kappa shape index (κ2) is 5.79. The molecule has 0 saturated carbocycles. The Morgan fingerprint density at radius 3 is 2.87 bits per heavy atom. The lowest BCUT2D eigenvalue weighted by molar-refractivity contribution is 0.330. The van der Waals surface area contributed by atoms with Crippen molar-refractivity contribution in [2.45, 2.75) is 25.7 Å². The van der Waals surface area contributed by atoms with Crippen LogP contribution >= 0.6 is 0 Å². The Hall–Kier alpha value is -2.77. The number of benzene rings is 1. The van der Waals surface area contributed by atoms with E-state index in [2.05, 4.69) is 30.6 Å². The third-order valence-electron chi connectivity index (χ3n) is 4.05. The van der Waals surface area contributed by atoms with Crippen molar-refractivity contribution in [3.8, 4) is 5.69 Å². The predicted molar refractivity (Wildman–Crippen MR) is 82.4 cm³/mol. The summed E-state index contributed by atoms with van der Waals surface area (Å²) < 4.78 is 7.10. The fourth-order valence-electron chi connectivity index (χ4n) is 2.96. The molecule has 1 aliphatic heterocycles. The van der Waals surface area contributed by atoms with Gasteiger partial charge in [-0.3, -0.25) is 0 Å². The molecule has 0 aliphatic carbocycles. The lowest BCUT2D eigenvalue weighted by Crippen LogP contribution is -2.36.